The Hall–Kier alpha value is -2.26. The van der Waals surface area contributed by atoms with Crippen LogP contribution >= 0.6 is 15.9 Å². The number of benzene rings is 2. The van der Waals surface area contributed by atoms with E-state index in [1.807, 2.05) is 0 Å². The maximum Gasteiger partial charge on any atom is 0.573 e. The van der Waals surface area contributed by atoms with Crippen molar-refractivity contribution in [3.63, 3.8) is 0 Å². The molecule has 5 nitrogen and oxygen atoms in total. The second kappa shape index (κ2) is 7.54. The highest BCUT2D eigenvalue weighted by molar-refractivity contribution is 9.10. The summed E-state index contributed by atoms with van der Waals surface area (Å²) in [5.74, 6) is -0.470. The maximum absolute atomic E-state index is 12.3. The van der Waals surface area contributed by atoms with Gasteiger partial charge in [0.2, 0.25) is 0 Å². The minimum atomic E-state index is -4.83. The highest BCUT2D eigenvalue weighted by atomic mass is 79.9. The number of carbonyl (C=O) groups is 1. The molecule has 0 heterocycles. The van der Waals surface area contributed by atoms with Crippen molar-refractivity contribution in [1.82, 2.24) is 0 Å². The largest absolute Gasteiger partial charge is 0.573 e. The summed E-state index contributed by atoms with van der Waals surface area (Å²) in [6, 6.07) is 9.49. The van der Waals surface area contributed by atoms with Crippen molar-refractivity contribution in [1.29, 1.82) is 0 Å². The van der Waals surface area contributed by atoms with Gasteiger partial charge in [-0.25, -0.2) is 4.79 Å². The third-order valence-corrected chi connectivity index (χ3v) is 3.26. The molecule has 0 aliphatic carbocycles. The van der Waals surface area contributed by atoms with Gasteiger partial charge in [0.15, 0.2) is 0 Å². The Morgan fingerprint density at radius 3 is 2.54 bits per heavy atom. The Morgan fingerprint density at radius 1 is 1.17 bits per heavy atom. The number of urea groups is 1. The molecular weight excluding hydrogens is 393 g/mol. The molecule has 9 heteroatoms. The van der Waals surface area contributed by atoms with E-state index in [0.29, 0.717) is 15.7 Å². The van der Waals surface area contributed by atoms with E-state index in [-0.39, 0.29) is 12.3 Å². The van der Waals surface area contributed by atoms with E-state index in [1.165, 1.54) is 6.07 Å². The molecule has 2 amide bonds. The number of nitrogens with one attached hydrogen (secondary N) is 2. The molecule has 2 aromatic carbocycles. The first-order chi connectivity index (χ1) is 11.3. The predicted molar refractivity (Wildman–Crippen MR) is 85.8 cm³/mol. The Kier molecular flexibility index (Phi) is 5.68. The van der Waals surface area contributed by atoms with Crippen molar-refractivity contribution >= 4 is 33.3 Å². The summed E-state index contributed by atoms with van der Waals surface area (Å²) in [5, 5.41) is 14.1. The average Bonchev–Trinajstić information content (AvgIpc) is 2.45. The van der Waals surface area contributed by atoms with E-state index in [9.17, 15) is 23.1 Å². The Bertz CT molecular complexity index is 738. The fourth-order valence-electron chi connectivity index (χ4n) is 1.89. The number of hydrogen-bond donors (Lipinski definition) is 3. The van der Waals surface area contributed by atoms with E-state index >= 15 is 0 Å². The second-order valence-corrected chi connectivity index (χ2v) is 5.53. The molecule has 2 rings (SSSR count). The zero-order valence-corrected chi connectivity index (χ0v) is 13.6. The normalized spacial score (nSPS) is 11.0. The zero-order chi connectivity index (χ0) is 17.7. The molecule has 0 aromatic heterocycles. The first-order valence-electron chi connectivity index (χ1n) is 6.60. The van der Waals surface area contributed by atoms with E-state index in [1.54, 1.807) is 24.3 Å². The van der Waals surface area contributed by atoms with Gasteiger partial charge in [-0.15, -0.1) is 13.2 Å². The first kappa shape index (κ1) is 18.1. The van der Waals surface area contributed by atoms with Gasteiger partial charge in [-0.2, -0.15) is 0 Å². The number of rotatable bonds is 4. The molecule has 24 heavy (non-hydrogen) atoms. The van der Waals surface area contributed by atoms with Gasteiger partial charge in [0.05, 0.1) is 6.61 Å². The summed E-state index contributed by atoms with van der Waals surface area (Å²) in [6.45, 7) is -0.267. The number of carbonyl (C=O) groups excluding carboxylic acids is 1. The van der Waals surface area contributed by atoms with Gasteiger partial charge >= 0.3 is 12.4 Å². The monoisotopic (exact) mass is 404 g/mol. The number of ether oxygens (including phenoxy) is 1. The van der Waals surface area contributed by atoms with Crippen LogP contribution in [0.4, 0.5) is 29.3 Å². The second-order valence-electron chi connectivity index (χ2n) is 4.62. The SMILES string of the molecule is O=C(Nc1cc(Br)cc(OC(F)(F)F)c1)Nc1ccccc1CO. The van der Waals surface area contributed by atoms with E-state index < -0.39 is 18.1 Å². The van der Waals surface area contributed by atoms with Crippen LogP contribution in [0.1, 0.15) is 5.56 Å². The quantitative estimate of drug-likeness (QED) is 0.703. The summed E-state index contributed by atoms with van der Waals surface area (Å²) in [7, 11) is 0. The third kappa shape index (κ3) is 5.43. The molecule has 0 aliphatic heterocycles. The lowest BCUT2D eigenvalue weighted by atomic mass is 10.2. The van der Waals surface area contributed by atoms with Gasteiger partial charge in [-0.05, 0) is 18.2 Å². The van der Waals surface area contributed by atoms with Crippen molar-refractivity contribution < 1.29 is 27.8 Å². The van der Waals surface area contributed by atoms with Gasteiger partial charge < -0.3 is 20.5 Å². The van der Waals surface area contributed by atoms with Crippen LogP contribution in [-0.2, 0) is 6.61 Å². The summed E-state index contributed by atoms with van der Waals surface area (Å²) < 4.78 is 41.0. The fourth-order valence-corrected chi connectivity index (χ4v) is 2.36. The Labute approximate surface area is 143 Å². The van der Waals surface area contributed by atoms with Gasteiger partial charge in [-0.3, -0.25) is 0 Å². The summed E-state index contributed by atoms with van der Waals surface area (Å²) in [6.07, 6.45) is -4.83. The van der Waals surface area contributed by atoms with E-state index in [0.717, 1.165) is 12.1 Å². The van der Waals surface area contributed by atoms with Crippen LogP contribution in [0.2, 0.25) is 0 Å². The first-order valence-corrected chi connectivity index (χ1v) is 7.39. The van der Waals surface area contributed by atoms with Crippen LogP contribution in [-0.4, -0.2) is 17.5 Å². The maximum atomic E-state index is 12.3. The predicted octanol–water partition coefficient (Wildman–Crippen LogP) is 4.48. The number of hydrogen-bond acceptors (Lipinski definition) is 3. The lowest BCUT2D eigenvalue weighted by Crippen LogP contribution is -2.21. The van der Waals surface area contributed by atoms with Crippen LogP contribution < -0.4 is 15.4 Å². The Morgan fingerprint density at radius 2 is 1.88 bits per heavy atom. The minimum Gasteiger partial charge on any atom is -0.406 e. The number of alkyl halides is 3. The van der Waals surface area contributed by atoms with Gasteiger partial charge in [0, 0.05) is 27.5 Å². The molecule has 0 radical (unpaired) electrons. The van der Waals surface area contributed by atoms with Gasteiger partial charge in [0.1, 0.15) is 5.75 Å². The van der Waals surface area contributed by atoms with Crippen LogP contribution in [0, 0.1) is 0 Å². The molecule has 0 fully saturated rings. The van der Waals surface area contributed by atoms with Crippen LogP contribution in [0.25, 0.3) is 0 Å². The van der Waals surface area contributed by atoms with Crippen molar-refractivity contribution in [3.8, 4) is 5.75 Å². The summed E-state index contributed by atoms with van der Waals surface area (Å²) >= 11 is 3.05. The lowest BCUT2D eigenvalue weighted by molar-refractivity contribution is -0.274. The minimum absolute atomic E-state index is 0.0996. The van der Waals surface area contributed by atoms with Crippen molar-refractivity contribution in [3.05, 3.63) is 52.5 Å². The van der Waals surface area contributed by atoms with Crippen molar-refractivity contribution in [2.24, 2.45) is 0 Å². The van der Waals surface area contributed by atoms with Crippen LogP contribution in [0.15, 0.2) is 46.9 Å². The van der Waals surface area contributed by atoms with Gasteiger partial charge in [0.25, 0.3) is 0 Å². The van der Waals surface area contributed by atoms with E-state index in [4.69, 9.17) is 0 Å². The molecule has 0 saturated carbocycles. The lowest BCUT2D eigenvalue weighted by Gasteiger charge is -2.13. The number of para-hydroxylation sites is 1. The van der Waals surface area contributed by atoms with E-state index in [2.05, 4.69) is 31.3 Å². The molecule has 0 bridgehead atoms. The van der Waals surface area contributed by atoms with Gasteiger partial charge in [-0.1, -0.05) is 34.1 Å². The zero-order valence-electron chi connectivity index (χ0n) is 12.0. The molecule has 0 unspecified atom stereocenters. The van der Waals surface area contributed by atoms with Crippen LogP contribution in [0.5, 0.6) is 5.75 Å². The number of aliphatic hydroxyl groups excluding tert-OH is 1. The molecule has 0 spiro atoms. The number of anilines is 2. The average molecular weight is 405 g/mol. The third-order valence-electron chi connectivity index (χ3n) is 2.80. The molecule has 3 N–H and O–H groups in total. The summed E-state index contributed by atoms with van der Waals surface area (Å²) in [5.41, 5.74) is 0.991. The summed E-state index contributed by atoms with van der Waals surface area (Å²) in [4.78, 5) is 12.0. The molecule has 0 saturated heterocycles. The number of halogens is 4. The molecule has 2 aromatic rings. The molecular formula is C15H12BrF3N2O3. The standard InChI is InChI=1S/C15H12BrF3N2O3/c16-10-5-11(7-12(6-10)24-15(17,18)19)20-14(23)21-13-4-2-1-3-9(13)8-22/h1-7,22H,8H2,(H2,20,21,23). The van der Waals surface area contributed by atoms with Crippen LogP contribution in [0.3, 0.4) is 0 Å². The Balaban J connectivity index is 2.11. The topological polar surface area (TPSA) is 70.6 Å². The van der Waals surface area contributed by atoms with Crippen molar-refractivity contribution in [2.45, 2.75) is 13.0 Å². The fraction of sp³-hybridized carbons (Fsp3) is 0.133. The smallest absolute Gasteiger partial charge is 0.406 e. The highest BCUT2D eigenvalue weighted by Gasteiger charge is 2.31. The number of amides is 2. The highest BCUT2D eigenvalue weighted by Crippen LogP contribution is 2.29. The number of aliphatic hydroxyl groups is 1. The molecule has 128 valence electrons. The van der Waals surface area contributed by atoms with Crippen molar-refractivity contribution in [2.75, 3.05) is 10.6 Å². The molecule has 0 atom stereocenters. The molecule has 0 aliphatic rings.